The van der Waals surface area contributed by atoms with Gasteiger partial charge < -0.3 is 10.2 Å². The highest BCUT2D eigenvalue weighted by molar-refractivity contribution is 6.29. The van der Waals surface area contributed by atoms with Crippen molar-refractivity contribution in [2.24, 2.45) is 0 Å². The van der Waals surface area contributed by atoms with Gasteiger partial charge in [0.05, 0.1) is 12.4 Å². The minimum atomic E-state index is -0.230. The van der Waals surface area contributed by atoms with Crippen molar-refractivity contribution in [2.45, 2.75) is 13.0 Å². The maximum Gasteiger partial charge on any atom is 0.242 e. The van der Waals surface area contributed by atoms with Crippen molar-refractivity contribution < 1.29 is 4.79 Å². The lowest BCUT2D eigenvalue weighted by atomic mass is 10.2. The van der Waals surface area contributed by atoms with Crippen LogP contribution in [0.15, 0.2) is 12.4 Å². The molecule has 1 atom stereocenters. The predicted octanol–water partition coefficient (Wildman–Crippen LogP) is 0.455. The van der Waals surface area contributed by atoms with Gasteiger partial charge in [-0.15, -0.1) is 0 Å². The molecule has 6 heteroatoms. The average Bonchev–Trinajstić information content (AvgIpc) is 2.22. The van der Waals surface area contributed by atoms with Crippen LogP contribution in [0.5, 0.6) is 0 Å². The van der Waals surface area contributed by atoms with Gasteiger partial charge in [0, 0.05) is 13.1 Å². The van der Waals surface area contributed by atoms with Crippen LogP contribution in [0.4, 0.5) is 5.82 Å². The van der Waals surface area contributed by atoms with Crippen molar-refractivity contribution >= 4 is 23.3 Å². The summed E-state index contributed by atoms with van der Waals surface area (Å²) in [7, 11) is 0. The van der Waals surface area contributed by atoms with Crippen LogP contribution in [0.1, 0.15) is 6.92 Å². The fourth-order valence-electron chi connectivity index (χ4n) is 1.57. The molecule has 1 aliphatic rings. The van der Waals surface area contributed by atoms with E-state index in [-0.39, 0.29) is 11.9 Å². The van der Waals surface area contributed by atoms with E-state index in [1.165, 1.54) is 6.20 Å². The second-order valence-electron chi connectivity index (χ2n) is 3.36. The van der Waals surface area contributed by atoms with Gasteiger partial charge in [0.2, 0.25) is 5.91 Å². The van der Waals surface area contributed by atoms with Gasteiger partial charge in [0.25, 0.3) is 0 Å². The van der Waals surface area contributed by atoms with Crippen LogP contribution >= 0.6 is 11.6 Å². The van der Waals surface area contributed by atoms with E-state index in [4.69, 9.17) is 11.6 Å². The van der Waals surface area contributed by atoms with Crippen molar-refractivity contribution in [3.05, 3.63) is 17.5 Å². The SMILES string of the molecule is CC1C(=O)NCCN1c1cncc(Cl)n1. The van der Waals surface area contributed by atoms with Crippen LogP contribution in [-0.4, -0.2) is 35.0 Å². The van der Waals surface area contributed by atoms with E-state index in [1.54, 1.807) is 6.20 Å². The van der Waals surface area contributed by atoms with E-state index in [0.29, 0.717) is 17.5 Å². The van der Waals surface area contributed by atoms with Gasteiger partial charge in [0.1, 0.15) is 17.0 Å². The quantitative estimate of drug-likeness (QED) is 0.756. The van der Waals surface area contributed by atoms with E-state index in [0.717, 1.165) is 6.54 Å². The molecule has 80 valence electrons. The Kier molecular flexibility index (Phi) is 2.73. The summed E-state index contributed by atoms with van der Waals surface area (Å²) in [5.41, 5.74) is 0. The summed E-state index contributed by atoms with van der Waals surface area (Å²) in [4.78, 5) is 21.4. The Morgan fingerprint density at radius 2 is 2.40 bits per heavy atom. The zero-order chi connectivity index (χ0) is 10.8. The maximum absolute atomic E-state index is 11.4. The average molecular weight is 227 g/mol. The molecule has 1 amide bonds. The third-order valence-electron chi connectivity index (χ3n) is 2.39. The highest BCUT2D eigenvalue weighted by atomic mass is 35.5. The van der Waals surface area contributed by atoms with Gasteiger partial charge in [-0.1, -0.05) is 11.6 Å². The number of nitrogens with one attached hydrogen (secondary N) is 1. The number of carbonyl (C=O) groups excluding carboxylic acids is 1. The molecule has 0 aliphatic carbocycles. The van der Waals surface area contributed by atoms with Crippen molar-refractivity contribution in [2.75, 3.05) is 18.0 Å². The van der Waals surface area contributed by atoms with Crippen LogP contribution in [0.25, 0.3) is 0 Å². The van der Waals surface area contributed by atoms with Gasteiger partial charge in [0.15, 0.2) is 0 Å². The third-order valence-corrected chi connectivity index (χ3v) is 2.57. The Labute approximate surface area is 92.5 Å². The number of amides is 1. The second-order valence-corrected chi connectivity index (χ2v) is 3.75. The first-order valence-corrected chi connectivity index (χ1v) is 5.08. The molecule has 1 fully saturated rings. The van der Waals surface area contributed by atoms with Gasteiger partial charge in [-0.25, -0.2) is 4.98 Å². The first-order chi connectivity index (χ1) is 7.18. The summed E-state index contributed by atoms with van der Waals surface area (Å²) in [5.74, 6) is 0.646. The second kappa shape index (κ2) is 4.02. The number of rotatable bonds is 1. The van der Waals surface area contributed by atoms with Gasteiger partial charge in [-0.2, -0.15) is 0 Å². The van der Waals surface area contributed by atoms with Crippen LogP contribution in [0.3, 0.4) is 0 Å². The van der Waals surface area contributed by atoms with Crippen LogP contribution < -0.4 is 10.2 Å². The number of hydrogen-bond acceptors (Lipinski definition) is 4. The minimum absolute atomic E-state index is 0.00280. The number of aromatic nitrogens is 2. The zero-order valence-corrected chi connectivity index (χ0v) is 9.03. The Morgan fingerprint density at radius 1 is 1.60 bits per heavy atom. The lowest BCUT2D eigenvalue weighted by molar-refractivity contribution is -0.122. The molecule has 1 N–H and O–H groups in total. The van der Waals surface area contributed by atoms with E-state index >= 15 is 0 Å². The molecule has 5 nitrogen and oxygen atoms in total. The summed E-state index contributed by atoms with van der Waals surface area (Å²) < 4.78 is 0. The first-order valence-electron chi connectivity index (χ1n) is 4.70. The molecular formula is C9H11ClN4O. The standard InChI is InChI=1S/C9H11ClN4O/c1-6-9(15)12-2-3-14(6)8-5-11-4-7(10)13-8/h4-6H,2-3H2,1H3,(H,12,15). The Hall–Kier alpha value is -1.36. The highest BCUT2D eigenvalue weighted by Crippen LogP contribution is 2.16. The van der Waals surface area contributed by atoms with Crippen LogP contribution in [-0.2, 0) is 4.79 Å². The Morgan fingerprint density at radius 3 is 3.13 bits per heavy atom. The largest absolute Gasteiger partial charge is 0.353 e. The number of piperazine rings is 1. The minimum Gasteiger partial charge on any atom is -0.353 e. The number of nitrogens with zero attached hydrogens (tertiary/aromatic N) is 3. The number of anilines is 1. The molecule has 1 aliphatic heterocycles. The normalized spacial score (nSPS) is 21.3. The molecular weight excluding hydrogens is 216 g/mol. The number of halogens is 1. The lowest BCUT2D eigenvalue weighted by Gasteiger charge is -2.33. The predicted molar refractivity (Wildman–Crippen MR) is 56.9 cm³/mol. The van der Waals surface area contributed by atoms with Gasteiger partial charge >= 0.3 is 0 Å². The molecule has 15 heavy (non-hydrogen) atoms. The fourth-order valence-corrected chi connectivity index (χ4v) is 1.71. The molecule has 1 aromatic rings. The topological polar surface area (TPSA) is 58.1 Å². The lowest BCUT2D eigenvalue weighted by Crippen LogP contribution is -2.54. The molecule has 0 spiro atoms. The zero-order valence-electron chi connectivity index (χ0n) is 8.27. The summed E-state index contributed by atoms with van der Waals surface area (Å²) in [6.45, 7) is 3.18. The van der Waals surface area contributed by atoms with E-state index < -0.39 is 0 Å². The van der Waals surface area contributed by atoms with Crippen molar-refractivity contribution in [1.82, 2.24) is 15.3 Å². The smallest absolute Gasteiger partial charge is 0.242 e. The van der Waals surface area contributed by atoms with Crippen LogP contribution in [0, 0.1) is 0 Å². The van der Waals surface area contributed by atoms with Crippen molar-refractivity contribution in [3.63, 3.8) is 0 Å². The van der Waals surface area contributed by atoms with Crippen molar-refractivity contribution in [3.8, 4) is 0 Å². The number of hydrogen-bond donors (Lipinski definition) is 1. The molecule has 1 saturated heterocycles. The highest BCUT2D eigenvalue weighted by Gasteiger charge is 2.26. The summed E-state index contributed by atoms with van der Waals surface area (Å²) in [6, 6.07) is -0.230. The number of carbonyl (C=O) groups is 1. The van der Waals surface area contributed by atoms with E-state index in [9.17, 15) is 4.79 Å². The Balaban J connectivity index is 2.26. The van der Waals surface area contributed by atoms with Gasteiger partial charge in [-0.3, -0.25) is 9.78 Å². The molecule has 1 aromatic heterocycles. The molecule has 0 aromatic carbocycles. The third kappa shape index (κ3) is 2.02. The van der Waals surface area contributed by atoms with E-state index in [1.807, 2.05) is 11.8 Å². The molecule has 0 radical (unpaired) electrons. The molecule has 2 heterocycles. The fraction of sp³-hybridized carbons (Fsp3) is 0.444. The van der Waals surface area contributed by atoms with Crippen molar-refractivity contribution in [1.29, 1.82) is 0 Å². The van der Waals surface area contributed by atoms with Crippen LogP contribution in [0.2, 0.25) is 5.15 Å². The maximum atomic E-state index is 11.4. The summed E-state index contributed by atoms with van der Waals surface area (Å²) in [6.07, 6.45) is 3.08. The monoisotopic (exact) mass is 226 g/mol. The molecule has 2 rings (SSSR count). The molecule has 0 bridgehead atoms. The Bertz CT molecular complexity index is 384. The summed E-state index contributed by atoms with van der Waals surface area (Å²) in [5, 5.41) is 3.12. The van der Waals surface area contributed by atoms with Gasteiger partial charge in [-0.05, 0) is 6.92 Å². The van der Waals surface area contributed by atoms with E-state index in [2.05, 4.69) is 15.3 Å². The summed E-state index contributed by atoms with van der Waals surface area (Å²) >= 11 is 5.75. The molecule has 1 unspecified atom stereocenters. The first kappa shape index (κ1) is 10.2. The molecule has 0 saturated carbocycles.